The van der Waals surface area contributed by atoms with E-state index >= 15 is 0 Å². The van der Waals surface area contributed by atoms with Crippen molar-refractivity contribution in [3.05, 3.63) is 41.2 Å². The lowest BCUT2D eigenvalue weighted by atomic mass is 10.1. The number of nitrogens with one attached hydrogen (secondary N) is 1. The van der Waals surface area contributed by atoms with Crippen molar-refractivity contribution in [1.82, 2.24) is 10.3 Å². The van der Waals surface area contributed by atoms with Gasteiger partial charge in [-0.1, -0.05) is 0 Å². The number of benzene rings is 1. The number of hydrogen-bond acceptors (Lipinski definition) is 4. The lowest BCUT2D eigenvalue weighted by molar-refractivity contribution is 0.521. The third kappa shape index (κ3) is 3.59. The zero-order valence-electron chi connectivity index (χ0n) is 11.1. The summed E-state index contributed by atoms with van der Waals surface area (Å²) in [6.45, 7) is 1.90. The van der Waals surface area contributed by atoms with Gasteiger partial charge in [-0.05, 0) is 54.7 Å². The average Bonchev–Trinajstić information content (AvgIpc) is 3.11. The molecular weight excluding hydrogens is 291 g/mol. The predicted octanol–water partition coefficient (Wildman–Crippen LogP) is 3.79. The van der Waals surface area contributed by atoms with E-state index in [9.17, 15) is 4.39 Å². The molecule has 0 saturated carbocycles. The van der Waals surface area contributed by atoms with E-state index in [-0.39, 0.29) is 5.82 Å². The topological polar surface area (TPSA) is 24.9 Å². The highest BCUT2D eigenvalue weighted by Gasteiger charge is 2.14. The standard InChI is InChI=1S/C15H17FN2S2/c16-13-3-1-12(2-4-13)15-18-14(10-20-15)8-17-7-11-5-6-19-9-11/h1-4,10-11,17H,5-9H2. The Bertz CT molecular complexity index is 547. The molecule has 1 saturated heterocycles. The van der Waals surface area contributed by atoms with Gasteiger partial charge in [-0.3, -0.25) is 0 Å². The van der Waals surface area contributed by atoms with Gasteiger partial charge in [-0.15, -0.1) is 11.3 Å². The van der Waals surface area contributed by atoms with Crippen LogP contribution in [-0.4, -0.2) is 23.0 Å². The van der Waals surface area contributed by atoms with Crippen LogP contribution in [0.4, 0.5) is 4.39 Å². The summed E-state index contributed by atoms with van der Waals surface area (Å²) in [5.74, 6) is 3.19. The smallest absolute Gasteiger partial charge is 0.123 e. The first kappa shape index (κ1) is 14.0. The van der Waals surface area contributed by atoms with Crippen LogP contribution in [0.3, 0.4) is 0 Å². The number of aromatic nitrogens is 1. The lowest BCUT2D eigenvalue weighted by Gasteiger charge is -2.08. The summed E-state index contributed by atoms with van der Waals surface area (Å²) < 4.78 is 12.9. The summed E-state index contributed by atoms with van der Waals surface area (Å²) in [7, 11) is 0. The van der Waals surface area contributed by atoms with Crippen molar-refractivity contribution in [2.45, 2.75) is 13.0 Å². The van der Waals surface area contributed by atoms with E-state index in [1.54, 1.807) is 23.5 Å². The Morgan fingerprint density at radius 1 is 1.30 bits per heavy atom. The van der Waals surface area contributed by atoms with E-state index in [0.717, 1.165) is 35.3 Å². The molecule has 2 nitrogen and oxygen atoms in total. The Hall–Kier alpha value is -0.910. The summed E-state index contributed by atoms with van der Waals surface area (Å²) >= 11 is 3.66. The minimum Gasteiger partial charge on any atom is -0.311 e. The van der Waals surface area contributed by atoms with E-state index < -0.39 is 0 Å². The highest BCUT2D eigenvalue weighted by Crippen LogP contribution is 2.24. The Labute approximate surface area is 126 Å². The SMILES string of the molecule is Fc1ccc(-c2nc(CNCC3CCSC3)cs2)cc1. The van der Waals surface area contributed by atoms with E-state index in [0.29, 0.717) is 0 Å². The second kappa shape index (κ2) is 6.70. The maximum atomic E-state index is 12.9. The first-order valence-electron chi connectivity index (χ1n) is 6.80. The van der Waals surface area contributed by atoms with Crippen LogP contribution >= 0.6 is 23.1 Å². The van der Waals surface area contributed by atoms with Crippen LogP contribution in [-0.2, 0) is 6.54 Å². The summed E-state index contributed by atoms with van der Waals surface area (Å²) in [4.78, 5) is 4.60. The predicted molar refractivity (Wildman–Crippen MR) is 84.6 cm³/mol. The molecule has 2 aromatic rings. The molecule has 106 valence electrons. The van der Waals surface area contributed by atoms with Crippen LogP contribution in [0.25, 0.3) is 10.6 Å². The molecule has 0 bridgehead atoms. The highest BCUT2D eigenvalue weighted by atomic mass is 32.2. The van der Waals surface area contributed by atoms with Crippen molar-refractivity contribution < 1.29 is 4.39 Å². The first-order chi connectivity index (χ1) is 9.81. The van der Waals surface area contributed by atoms with E-state index in [1.807, 2.05) is 11.8 Å². The van der Waals surface area contributed by atoms with Crippen molar-refractivity contribution in [2.75, 3.05) is 18.1 Å². The second-order valence-corrected chi connectivity index (χ2v) is 7.02. The molecule has 1 aromatic carbocycles. The van der Waals surface area contributed by atoms with Crippen LogP contribution < -0.4 is 5.32 Å². The molecule has 2 heterocycles. The molecule has 1 aromatic heterocycles. The number of halogens is 1. The number of thioether (sulfide) groups is 1. The fraction of sp³-hybridized carbons (Fsp3) is 0.400. The van der Waals surface area contributed by atoms with E-state index in [2.05, 4.69) is 15.7 Å². The van der Waals surface area contributed by atoms with Gasteiger partial charge in [0.2, 0.25) is 0 Å². The molecule has 1 atom stereocenters. The summed E-state index contributed by atoms with van der Waals surface area (Å²) in [6, 6.07) is 6.51. The minimum absolute atomic E-state index is 0.207. The van der Waals surface area contributed by atoms with E-state index in [1.165, 1.54) is 30.1 Å². The van der Waals surface area contributed by atoms with Crippen LogP contribution in [0.5, 0.6) is 0 Å². The lowest BCUT2D eigenvalue weighted by Crippen LogP contribution is -2.22. The molecule has 1 aliphatic heterocycles. The zero-order chi connectivity index (χ0) is 13.8. The zero-order valence-corrected chi connectivity index (χ0v) is 12.8. The molecule has 1 unspecified atom stereocenters. The Morgan fingerprint density at radius 2 is 2.15 bits per heavy atom. The van der Waals surface area contributed by atoms with Gasteiger partial charge in [-0.2, -0.15) is 11.8 Å². The van der Waals surface area contributed by atoms with Crippen molar-refractivity contribution in [3.63, 3.8) is 0 Å². The minimum atomic E-state index is -0.207. The fourth-order valence-corrected chi connectivity index (χ4v) is 4.37. The van der Waals surface area contributed by atoms with Crippen molar-refractivity contribution in [3.8, 4) is 10.6 Å². The van der Waals surface area contributed by atoms with E-state index in [4.69, 9.17) is 0 Å². The highest BCUT2D eigenvalue weighted by molar-refractivity contribution is 7.99. The van der Waals surface area contributed by atoms with Crippen LogP contribution in [0.2, 0.25) is 0 Å². The van der Waals surface area contributed by atoms with Crippen molar-refractivity contribution in [1.29, 1.82) is 0 Å². The Kier molecular flexibility index (Phi) is 4.70. The van der Waals surface area contributed by atoms with Gasteiger partial charge in [0, 0.05) is 17.5 Å². The average molecular weight is 308 g/mol. The largest absolute Gasteiger partial charge is 0.311 e. The molecule has 5 heteroatoms. The first-order valence-corrected chi connectivity index (χ1v) is 8.83. The van der Waals surface area contributed by atoms with Crippen LogP contribution in [0.1, 0.15) is 12.1 Å². The molecule has 1 aliphatic rings. The molecule has 1 N–H and O–H groups in total. The molecule has 20 heavy (non-hydrogen) atoms. The molecule has 0 amide bonds. The number of rotatable bonds is 5. The number of thiazole rings is 1. The normalized spacial score (nSPS) is 18.6. The molecule has 3 rings (SSSR count). The second-order valence-electron chi connectivity index (χ2n) is 5.01. The van der Waals surface area contributed by atoms with Crippen LogP contribution in [0.15, 0.2) is 29.6 Å². The van der Waals surface area contributed by atoms with Crippen molar-refractivity contribution >= 4 is 23.1 Å². The Morgan fingerprint density at radius 3 is 2.90 bits per heavy atom. The molecule has 0 spiro atoms. The number of nitrogens with zero attached hydrogens (tertiary/aromatic N) is 1. The maximum absolute atomic E-state index is 12.9. The molecular formula is C15H17FN2S2. The third-order valence-corrected chi connectivity index (χ3v) is 5.58. The van der Waals surface area contributed by atoms with Gasteiger partial charge in [0.05, 0.1) is 5.69 Å². The van der Waals surface area contributed by atoms with Gasteiger partial charge in [0.25, 0.3) is 0 Å². The molecule has 0 aliphatic carbocycles. The number of hydrogen-bond donors (Lipinski definition) is 1. The van der Waals surface area contributed by atoms with Crippen LogP contribution in [0, 0.1) is 11.7 Å². The van der Waals surface area contributed by atoms with Gasteiger partial charge in [0.15, 0.2) is 0 Å². The van der Waals surface area contributed by atoms with Gasteiger partial charge < -0.3 is 5.32 Å². The Balaban J connectivity index is 1.55. The summed E-state index contributed by atoms with van der Waals surface area (Å²) in [6.07, 6.45) is 1.33. The quantitative estimate of drug-likeness (QED) is 0.909. The summed E-state index contributed by atoms with van der Waals surface area (Å²) in [5.41, 5.74) is 2.05. The maximum Gasteiger partial charge on any atom is 0.123 e. The third-order valence-electron chi connectivity index (χ3n) is 3.41. The fourth-order valence-electron chi connectivity index (χ4n) is 2.26. The molecule has 0 radical (unpaired) electrons. The monoisotopic (exact) mass is 308 g/mol. The van der Waals surface area contributed by atoms with Gasteiger partial charge >= 0.3 is 0 Å². The van der Waals surface area contributed by atoms with Crippen molar-refractivity contribution in [2.24, 2.45) is 5.92 Å². The molecule has 1 fully saturated rings. The van der Waals surface area contributed by atoms with Gasteiger partial charge in [0.1, 0.15) is 10.8 Å². The van der Waals surface area contributed by atoms with Gasteiger partial charge in [-0.25, -0.2) is 9.37 Å². The summed E-state index contributed by atoms with van der Waals surface area (Å²) in [5, 5.41) is 6.52.